The van der Waals surface area contributed by atoms with Crippen molar-refractivity contribution in [2.45, 2.75) is 6.23 Å². The molecule has 1 aromatic rings. The number of carbonyl (C=O) groups excluding carboxylic acids is 1. The van der Waals surface area contributed by atoms with E-state index < -0.39 is 24.6 Å². The van der Waals surface area contributed by atoms with Crippen LogP contribution in [0, 0.1) is 0 Å². The molecule has 3 rings (SSSR count). The maximum Gasteiger partial charge on any atom is 0.322 e. The van der Waals surface area contributed by atoms with E-state index in [0.717, 1.165) is 10.2 Å². The van der Waals surface area contributed by atoms with Crippen molar-refractivity contribution in [1.82, 2.24) is 5.32 Å². The number of carboxylic acids is 1. The van der Waals surface area contributed by atoms with E-state index in [1.807, 2.05) is 12.1 Å². The van der Waals surface area contributed by atoms with Gasteiger partial charge in [0.15, 0.2) is 6.23 Å². The number of anilines is 1. The number of allylic oxidation sites excluding steroid dienone is 1. The third-order valence-corrected chi connectivity index (χ3v) is 5.42. The Bertz CT molecular complexity index is 790. The SMILES string of the molecule is O=C(O)CNC(=O)C1=C(O)C2=C(CSC2)N(c2ccc(Br)cc2)C1O. The van der Waals surface area contributed by atoms with Crippen LogP contribution in [0.15, 0.2) is 51.3 Å². The fourth-order valence-electron chi connectivity index (χ4n) is 2.78. The second-order valence-electron chi connectivity index (χ2n) is 5.48. The molecule has 1 atom stereocenters. The van der Waals surface area contributed by atoms with Crippen LogP contribution in [0.5, 0.6) is 0 Å². The van der Waals surface area contributed by atoms with Crippen molar-refractivity contribution in [3.05, 3.63) is 51.3 Å². The number of hydrogen-bond acceptors (Lipinski definition) is 6. The van der Waals surface area contributed by atoms with Crippen LogP contribution in [-0.2, 0) is 9.59 Å². The molecule has 7 nitrogen and oxygen atoms in total. The van der Waals surface area contributed by atoms with Crippen molar-refractivity contribution in [2.75, 3.05) is 23.0 Å². The predicted molar refractivity (Wildman–Crippen MR) is 97.3 cm³/mol. The van der Waals surface area contributed by atoms with Crippen LogP contribution in [0.4, 0.5) is 5.69 Å². The van der Waals surface area contributed by atoms with Gasteiger partial charge in [0.25, 0.3) is 5.91 Å². The minimum absolute atomic E-state index is 0.245. The number of aliphatic carboxylic acids is 1. The van der Waals surface area contributed by atoms with Crippen LogP contribution in [0.1, 0.15) is 0 Å². The Balaban J connectivity index is 2.01. The summed E-state index contributed by atoms with van der Waals surface area (Å²) in [5, 5.41) is 32.1. The second-order valence-corrected chi connectivity index (χ2v) is 7.38. The number of carbonyl (C=O) groups is 2. The minimum Gasteiger partial charge on any atom is -0.507 e. The number of nitrogens with one attached hydrogen (secondary N) is 1. The maximum atomic E-state index is 12.3. The first kappa shape index (κ1) is 17.8. The average molecular weight is 427 g/mol. The van der Waals surface area contributed by atoms with E-state index >= 15 is 0 Å². The molecule has 4 N–H and O–H groups in total. The highest BCUT2D eigenvalue weighted by Crippen LogP contribution is 2.41. The predicted octanol–water partition coefficient (Wildman–Crippen LogP) is 1.60. The molecule has 1 aromatic carbocycles. The lowest BCUT2D eigenvalue weighted by molar-refractivity contribution is -0.137. The van der Waals surface area contributed by atoms with Gasteiger partial charge in [-0.1, -0.05) is 15.9 Å². The van der Waals surface area contributed by atoms with Crippen LogP contribution in [0.3, 0.4) is 0 Å². The molecular formula is C16H15BrN2O5S. The molecule has 0 aromatic heterocycles. The molecule has 0 bridgehead atoms. The zero-order valence-electron chi connectivity index (χ0n) is 12.9. The number of carboxylic acid groups (broad SMARTS) is 1. The molecule has 132 valence electrons. The topological polar surface area (TPSA) is 110 Å². The van der Waals surface area contributed by atoms with Gasteiger partial charge in [0.05, 0.1) is 0 Å². The molecule has 1 amide bonds. The van der Waals surface area contributed by atoms with E-state index in [-0.39, 0.29) is 11.3 Å². The highest BCUT2D eigenvalue weighted by molar-refractivity contribution is 9.10. The highest BCUT2D eigenvalue weighted by atomic mass is 79.9. The molecule has 1 unspecified atom stereocenters. The summed E-state index contributed by atoms with van der Waals surface area (Å²) in [6.07, 6.45) is -1.41. The molecule has 0 fully saturated rings. The standard InChI is InChI=1S/C16H15BrN2O5S/c17-8-1-3-9(4-2-8)19-11-7-25-6-10(11)14(22)13(16(19)24)15(23)18-5-12(20)21/h1-4,16,22,24H,5-7H2,(H,18,23)(H,20,21). The Morgan fingerprint density at radius 2 is 1.96 bits per heavy atom. The molecule has 0 radical (unpaired) electrons. The van der Waals surface area contributed by atoms with Crippen LogP contribution >= 0.6 is 27.7 Å². The van der Waals surface area contributed by atoms with Crippen molar-refractivity contribution in [3.8, 4) is 0 Å². The summed E-state index contributed by atoms with van der Waals surface area (Å²) in [6.45, 7) is -0.596. The number of aliphatic hydroxyl groups is 2. The Hall–Kier alpha value is -1.97. The van der Waals surface area contributed by atoms with Crippen molar-refractivity contribution in [1.29, 1.82) is 0 Å². The molecule has 2 aliphatic rings. The highest BCUT2D eigenvalue weighted by Gasteiger charge is 2.40. The number of halogens is 1. The molecule has 0 saturated heterocycles. The molecule has 2 heterocycles. The van der Waals surface area contributed by atoms with Crippen molar-refractivity contribution >= 4 is 45.3 Å². The van der Waals surface area contributed by atoms with Crippen LogP contribution in [0.2, 0.25) is 0 Å². The number of thioether (sulfide) groups is 1. The van der Waals surface area contributed by atoms with Gasteiger partial charge in [0, 0.05) is 32.9 Å². The van der Waals surface area contributed by atoms with Crippen molar-refractivity contribution in [3.63, 3.8) is 0 Å². The summed E-state index contributed by atoms with van der Waals surface area (Å²) in [7, 11) is 0. The number of nitrogens with zero attached hydrogens (tertiary/aromatic N) is 1. The Morgan fingerprint density at radius 1 is 1.28 bits per heavy atom. The van der Waals surface area contributed by atoms with E-state index in [9.17, 15) is 19.8 Å². The number of aliphatic hydroxyl groups excluding tert-OH is 2. The monoisotopic (exact) mass is 426 g/mol. The first-order chi connectivity index (χ1) is 11.9. The molecule has 0 spiro atoms. The summed E-state index contributed by atoms with van der Waals surface area (Å²) < 4.78 is 0.871. The third kappa shape index (κ3) is 3.39. The zero-order chi connectivity index (χ0) is 18.1. The summed E-state index contributed by atoms with van der Waals surface area (Å²) in [5.41, 5.74) is 1.75. The number of hydrogen-bond donors (Lipinski definition) is 4. The minimum atomic E-state index is -1.41. The Kier molecular flexibility index (Phi) is 5.07. The molecule has 9 heteroatoms. The fraction of sp³-hybridized carbons (Fsp3) is 0.250. The normalized spacial score (nSPS) is 19.9. The van der Waals surface area contributed by atoms with Gasteiger partial charge in [-0.25, -0.2) is 0 Å². The van der Waals surface area contributed by atoms with Gasteiger partial charge in [-0.2, -0.15) is 11.8 Å². The summed E-state index contributed by atoms with van der Waals surface area (Å²) in [4.78, 5) is 24.6. The van der Waals surface area contributed by atoms with Crippen LogP contribution in [-0.4, -0.2) is 51.5 Å². The van der Waals surface area contributed by atoms with E-state index in [1.165, 1.54) is 0 Å². The smallest absolute Gasteiger partial charge is 0.322 e. The van der Waals surface area contributed by atoms with Gasteiger partial charge < -0.3 is 25.5 Å². The zero-order valence-corrected chi connectivity index (χ0v) is 15.3. The average Bonchev–Trinajstić information content (AvgIpc) is 3.04. The summed E-state index contributed by atoms with van der Waals surface area (Å²) in [6, 6.07) is 7.20. The quantitative estimate of drug-likeness (QED) is 0.578. The van der Waals surface area contributed by atoms with E-state index in [2.05, 4.69) is 21.2 Å². The molecule has 0 aliphatic carbocycles. The second kappa shape index (κ2) is 7.11. The molecule has 2 aliphatic heterocycles. The van der Waals surface area contributed by atoms with E-state index in [0.29, 0.717) is 22.8 Å². The van der Waals surface area contributed by atoms with Gasteiger partial charge in [0.2, 0.25) is 0 Å². The van der Waals surface area contributed by atoms with Crippen molar-refractivity contribution < 1.29 is 24.9 Å². The van der Waals surface area contributed by atoms with Gasteiger partial charge in [-0.05, 0) is 24.3 Å². The van der Waals surface area contributed by atoms with Gasteiger partial charge in [-0.15, -0.1) is 0 Å². The summed E-state index contributed by atoms with van der Waals surface area (Å²) in [5.74, 6) is -1.19. The van der Waals surface area contributed by atoms with Gasteiger partial charge in [-0.3, -0.25) is 9.59 Å². The van der Waals surface area contributed by atoms with Crippen LogP contribution < -0.4 is 10.2 Å². The molecule has 25 heavy (non-hydrogen) atoms. The Morgan fingerprint density at radius 3 is 2.60 bits per heavy atom. The first-order valence-electron chi connectivity index (χ1n) is 7.36. The lowest BCUT2D eigenvalue weighted by atomic mass is 9.99. The number of benzene rings is 1. The molecular weight excluding hydrogens is 412 g/mol. The lowest BCUT2D eigenvalue weighted by Gasteiger charge is -2.36. The summed E-state index contributed by atoms with van der Waals surface area (Å²) >= 11 is 4.92. The maximum absolute atomic E-state index is 12.3. The largest absolute Gasteiger partial charge is 0.507 e. The number of amides is 1. The van der Waals surface area contributed by atoms with E-state index in [4.69, 9.17) is 5.11 Å². The molecule has 0 saturated carbocycles. The number of rotatable bonds is 4. The third-order valence-electron chi connectivity index (χ3n) is 3.92. The Labute approximate surface area is 156 Å². The van der Waals surface area contributed by atoms with Crippen molar-refractivity contribution in [2.24, 2.45) is 0 Å². The van der Waals surface area contributed by atoms with Gasteiger partial charge >= 0.3 is 5.97 Å². The first-order valence-corrected chi connectivity index (χ1v) is 9.31. The lowest BCUT2D eigenvalue weighted by Crippen LogP contribution is -2.46. The van der Waals surface area contributed by atoms with E-state index in [1.54, 1.807) is 28.8 Å². The van der Waals surface area contributed by atoms with Gasteiger partial charge in [0.1, 0.15) is 17.9 Å². The van der Waals surface area contributed by atoms with Crippen LogP contribution in [0.25, 0.3) is 0 Å². The fourth-order valence-corrected chi connectivity index (χ4v) is 4.16.